The SMILES string of the molecule is COc1ccc(OC)c(/C=c2\sc3nc4cc(C)c(C)cc4n3c2=O)c1. The summed E-state index contributed by atoms with van der Waals surface area (Å²) >= 11 is 1.38. The third-order valence-corrected chi connectivity index (χ3v) is 5.55. The Bertz CT molecular complexity index is 1250. The van der Waals surface area contributed by atoms with Crippen molar-refractivity contribution in [3.63, 3.8) is 0 Å². The van der Waals surface area contributed by atoms with E-state index in [1.165, 1.54) is 16.9 Å². The van der Waals surface area contributed by atoms with Crippen LogP contribution >= 0.6 is 11.3 Å². The van der Waals surface area contributed by atoms with E-state index in [2.05, 4.69) is 11.9 Å². The third-order valence-electron chi connectivity index (χ3n) is 4.58. The maximum atomic E-state index is 13.0. The summed E-state index contributed by atoms with van der Waals surface area (Å²) in [5, 5.41) is 0. The fourth-order valence-corrected chi connectivity index (χ4v) is 3.99. The van der Waals surface area contributed by atoms with E-state index in [9.17, 15) is 4.79 Å². The zero-order valence-corrected chi connectivity index (χ0v) is 15.8. The molecule has 0 spiro atoms. The lowest BCUT2D eigenvalue weighted by molar-refractivity contribution is 0.402. The quantitative estimate of drug-likeness (QED) is 0.559. The van der Waals surface area contributed by atoms with Gasteiger partial charge >= 0.3 is 0 Å². The van der Waals surface area contributed by atoms with Crippen LogP contribution in [0.1, 0.15) is 16.7 Å². The molecule has 4 aromatic rings. The van der Waals surface area contributed by atoms with Crippen LogP contribution in [0.4, 0.5) is 0 Å². The summed E-state index contributed by atoms with van der Waals surface area (Å²) in [5.74, 6) is 1.40. The predicted octanol–water partition coefficient (Wildman–Crippen LogP) is 3.09. The molecule has 0 unspecified atom stereocenters. The third kappa shape index (κ3) is 2.54. The summed E-state index contributed by atoms with van der Waals surface area (Å²) in [4.78, 5) is 18.3. The first-order valence-corrected chi connectivity index (χ1v) is 8.99. The van der Waals surface area contributed by atoms with Gasteiger partial charge in [-0.3, -0.25) is 4.79 Å². The summed E-state index contributed by atoms with van der Waals surface area (Å²) < 4.78 is 13.0. The van der Waals surface area contributed by atoms with Gasteiger partial charge in [-0.2, -0.15) is 0 Å². The van der Waals surface area contributed by atoms with Gasteiger partial charge in [0.25, 0.3) is 5.56 Å². The molecule has 2 aromatic carbocycles. The van der Waals surface area contributed by atoms with Crippen LogP contribution in [0.3, 0.4) is 0 Å². The van der Waals surface area contributed by atoms with Crippen LogP contribution in [0.2, 0.25) is 0 Å². The number of thiazole rings is 1. The lowest BCUT2D eigenvalue weighted by atomic mass is 10.1. The van der Waals surface area contributed by atoms with Crippen molar-refractivity contribution in [2.24, 2.45) is 0 Å². The average molecular weight is 366 g/mol. The number of hydrogen-bond donors (Lipinski definition) is 0. The summed E-state index contributed by atoms with van der Waals surface area (Å²) in [6.07, 6.45) is 1.83. The van der Waals surface area contributed by atoms with E-state index >= 15 is 0 Å². The Labute approximate surface area is 154 Å². The number of hydrogen-bond acceptors (Lipinski definition) is 5. The maximum absolute atomic E-state index is 13.0. The minimum absolute atomic E-state index is 0.0689. The van der Waals surface area contributed by atoms with Gasteiger partial charge in [0.2, 0.25) is 0 Å². The van der Waals surface area contributed by atoms with Crippen LogP contribution in [-0.2, 0) is 0 Å². The Kier molecular flexibility index (Phi) is 3.92. The van der Waals surface area contributed by atoms with E-state index in [1.54, 1.807) is 18.6 Å². The fraction of sp³-hybridized carbons (Fsp3) is 0.200. The van der Waals surface area contributed by atoms with E-state index in [4.69, 9.17) is 9.47 Å². The molecule has 2 aromatic heterocycles. The van der Waals surface area contributed by atoms with E-state index in [1.807, 2.05) is 43.3 Å². The first kappa shape index (κ1) is 16.6. The molecule has 2 heterocycles. The van der Waals surface area contributed by atoms with Crippen LogP contribution in [0.25, 0.3) is 22.1 Å². The number of fused-ring (bicyclic) bond motifs is 3. The number of imidazole rings is 1. The standard InChI is InChI=1S/C20H18N2O3S/c1-11-7-15-16(8-12(11)2)22-19(23)18(26-20(22)21-15)10-13-9-14(24-3)5-6-17(13)25-4/h5-10H,1-4H3/b18-10-. The Morgan fingerprint density at radius 3 is 2.58 bits per heavy atom. The predicted molar refractivity (Wildman–Crippen MR) is 105 cm³/mol. The monoisotopic (exact) mass is 366 g/mol. The molecule has 0 atom stereocenters. The number of benzene rings is 2. The van der Waals surface area contributed by atoms with Gasteiger partial charge in [-0.25, -0.2) is 9.38 Å². The molecule has 132 valence electrons. The van der Waals surface area contributed by atoms with Gasteiger partial charge in [0.05, 0.1) is 29.8 Å². The first-order valence-electron chi connectivity index (χ1n) is 8.18. The normalized spacial score (nSPS) is 12.2. The highest BCUT2D eigenvalue weighted by Gasteiger charge is 2.13. The largest absolute Gasteiger partial charge is 0.497 e. The second-order valence-corrected chi connectivity index (χ2v) is 7.19. The molecule has 0 aliphatic heterocycles. The molecule has 6 heteroatoms. The maximum Gasteiger partial charge on any atom is 0.274 e. The van der Waals surface area contributed by atoms with Crippen molar-refractivity contribution in [2.75, 3.05) is 14.2 Å². The zero-order chi connectivity index (χ0) is 18.4. The molecule has 0 saturated carbocycles. The topological polar surface area (TPSA) is 52.8 Å². The molecule has 0 radical (unpaired) electrons. The van der Waals surface area contributed by atoms with Gasteiger partial charge in [-0.1, -0.05) is 11.3 Å². The number of methoxy groups -OCH3 is 2. The van der Waals surface area contributed by atoms with Crippen molar-refractivity contribution in [3.8, 4) is 11.5 Å². The molecule has 4 rings (SSSR count). The summed E-state index contributed by atoms with van der Waals surface area (Å²) in [7, 11) is 3.22. The highest BCUT2D eigenvalue weighted by Crippen LogP contribution is 2.25. The van der Waals surface area contributed by atoms with Crippen molar-refractivity contribution in [2.45, 2.75) is 13.8 Å². The van der Waals surface area contributed by atoms with Gasteiger partial charge in [-0.15, -0.1) is 0 Å². The number of aromatic nitrogens is 2. The highest BCUT2D eigenvalue weighted by molar-refractivity contribution is 7.15. The van der Waals surface area contributed by atoms with E-state index in [0.29, 0.717) is 21.0 Å². The van der Waals surface area contributed by atoms with Crippen LogP contribution in [0.15, 0.2) is 35.1 Å². The molecular weight excluding hydrogens is 348 g/mol. The fourth-order valence-electron chi connectivity index (χ4n) is 3.01. The molecule has 26 heavy (non-hydrogen) atoms. The zero-order valence-electron chi connectivity index (χ0n) is 15.0. The smallest absolute Gasteiger partial charge is 0.274 e. The van der Waals surface area contributed by atoms with Crippen molar-refractivity contribution in [1.29, 1.82) is 0 Å². The lowest BCUT2D eigenvalue weighted by Crippen LogP contribution is -2.22. The van der Waals surface area contributed by atoms with Crippen LogP contribution in [-0.4, -0.2) is 23.6 Å². The highest BCUT2D eigenvalue weighted by atomic mass is 32.1. The van der Waals surface area contributed by atoms with Gasteiger partial charge in [-0.05, 0) is 61.4 Å². The Hall–Kier alpha value is -2.86. The van der Waals surface area contributed by atoms with Gasteiger partial charge < -0.3 is 9.47 Å². The molecule has 0 N–H and O–H groups in total. The van der Waals surface area contributed by atoms with Gasteiger partial charge in [0, 0.05) is 5.56 Å². The Balaban J connectivity index is 1.99. The second kappa shape index (κ2) is 6.14. The number of aryl methyl sites for hydroxylation is 2. The van der Waals surface area contributed by atoms with Crippen LogP contribution in [0, 0.1) is 13.8 Å². The Morgan fingerprint density at radius 1 is 1.08 bits per heavy atom. The Morgan fingerprint density at radius 2 is 1.85 bits per heavy atom. The molecule has 0 saturated heterocycles. The minimum Gasteiger partial charge on any atom is -0.497 e. The van der Waals surface area contributed by atoms with Gasteiger partial charge in [0.1, 0.15) is 11.5 Å². The van der Waals surface area contributed by atoms with Crippen molar-refractivity contribution in [3.05, 3.63) is 61.9 Å². The first-order chi connectivity index (χ1) is 12.5. The summed E-state index contributed by atoms with van der Waals surface area (Å²) in [6.45, 7) is 4.09. The number of ether oxygens (including phenoxy) is 2. The molecule has 5 nitrogen and oxygen atoms in total. The minimum atomic E-state index is -0.0689. The lowest BCUT2D eigenvalue weighted by Gasteiger charge is -2.06. The van der Waals surface area contributed by atoms with Crippen LogP contribution in [0.5, 0.6) is 11.5 Å². The molecule has 0 amide bonds. The van der Waals surface area contributed by atoms with Gasteiger partial charge in [0.15, 0.2) is 4.96 Å². The van der Waals surface area contributed by atoms with E-state index < -0.39 is 0 Å². The van der Waals surface area contributed by atoms with E-state index in [0.717, 1.165) is 22.2 Å². The second-order valence-electron chi connectivity index (χ2n) is 6.18. The molecule has 0 aliphatic rings. The molecule has 0 bridgehead atoms. The molecule has 0 aliphatic carbocycles. The van der Waals surface area contributed by atoms with Crippen molar-refractivity contribution >= 4 is 33.4 Å². The number of rotatable bonds is 3. The molecule has 0 fully saturated rings. The van der Waals surface area contributed by atoms with Crippen molar-refractivity contribution < 1.29 is 9.47 Å². The summed E-state index contributed by atoms with van der Waals surface area (Å²) in [6, 6.07) is 9.56. The van der Waals surface area contributed by atoms with Crippen molar-refractivity contribution in [1.82, 2.24) is 9.38 Å². The average Bonchev–Trinajstić information content (AvgIpc) is 3.12. The van der Waals surface area contributed by atoms with Crippen LogP contribution < -0.4 is 19.6 Å². The number of nitrogens with zero attached hydrogens (tertiary/aromatic N) is 2. The summed E-state index contributed by atoms with van der Waals surface area (Å²) in [5.41, 5.74) is 4.74. The molecular formula is C20H18N2O3S. The van der Waals surface area contributed by atoms with E-state index in [-0.39, 0.29) is 5.56 Å².